The molecule has 1 saturated heterocycles. The quantitative estimate of drug-likeness (QED) is 0.252. The molecule has 31 heavy (non-hydrogen) atoms. The van der Waals surface area contributed by atoms with Crippen LogP contribution in [0.4, 0.5) is 8.78 Å². The zero-order chi connectivity index (χ0) is 22.9. The van der Waals surface area contributed by atoms with E-state index in [-0.39, 0.29) is 50.3 Å². The second-order valence-electron chi connectivity index (χ2n) is 8.67. The average Bonchev–Trinajstić information content (AvgIpc) is 3.33. The van der Waals surface area contributed by atoms with Gasteiger partial charge in [0.25, 0.3) is 0 Å². The van der Waals surface area contributed by atoms with Crippen molar-refractivity contribution in [3.8, 4) is 0 Å². The maximum absolute atomic E-state index is 14.9. The van der Waals surface area contributed by atoms with E-state index in [0.717, 1.165) is 0 Å². The Morgan fingerprint density at radius 3 is 2.48 bits per heavy atom. The number of unbranched alkanes of at least 4 members (excludes halogenated alkanes) is 2. The van der Waals surface area contributed by atoms with Crippen LogP contribution in [0.3, 0.4) is 0 Å². The molecule has 2 fully saturated rings. The third-order valence-electron chi connectivity index (χ3n) is 6.54. The molecule has 8 heteroatoms. The van der Waals surface area contributed by atoms with E-state index < -0.39 is 23.9 Å². The molecule has 0 aromatic rings. The number of carbonyl (C=O) groups excluding carboxylic acids is 1. The highest BCUT2D eigenvalue weighted by atomic mass is 19.3. The fraction of sp³-hybridized carbons (Fsp3) is 0.870. The minimum absolute atomic E-state index is 0.0164. The van der Waals surface area contributed by atoms with Gasteiger partial charge in [0.05, 0.1) is 32.5 Å². The maximum Gasteiger partial charge on any atom is 0.305 e. The summed E-state index contributed by atoms with van der Waals surface area (Å²) < 4.78 is 45.3. The van der Waals surface area contributed by atoms with Gasteiger partial charge in [0.2, 0.25) is 5.79 Å². The van der Waals surface area contributed by atoms with E-state index in [1.54, 1.807) is 0 Å². The number of ether oxygens (including phenoxy) is 3. The van der Waals surface area contributed by atoms with Crippen LogP contribution in [0.2, 0.25) is 0 Å². The van der Waals surface area contributed by atoms with Gasteiger partial charge in [0, 0.05) is 19.3 Å². The van der Waals surface area contributed by atoms with E-state index >= 15 is 0 Å². The van der Waals surface area contributed by atoms with E-state index in [2.05, 4.69) is 4.74 Å². The number of hydrogen-bond acceptors (Lipinski definition) is 6. The van der Waals surface area contributed by atoms with Crippen LogP contribution in [0.15, 0.2) is 12.2 Å². The van der Waals surface area contributed by atoms with Crippen molar-refractivity contribution in [3.63, 3.8) is 0 Å². The van der Waals surface area contributed by atoms with Crippen LogP contribution in [0.5, 0.6) is 0 Å². The largest absolute Gasteiger partial charge is 0.469 e. The van der Waals surface area contributed by atoms with Crippen molar-refractivity contribution in [2.24, 2.45) is 11.8 Å². The molecule has 1 saturated carbocycles. The topological polar surface area (TPSA) is 85.2 Å². The molecule has 2 aliphatic rings. The minimum Gasteiger partial charge on any atom is -0.469 e. The van der Waals surface area contributed by atoms with E-state index in [0.29, 0.717) is 44.9 Å². The fourth-order valence-corrected chi connectivity index (χ4v) is 4.68. The summed E-state index contributed by atoms with van der Waals surface area (Å²) >= 11 is 0. The number of carbonyl (C=O) groups is 1. The lowest BCUT2D eigenvalue weighted by atomic mass is 9.84. The van der Waals surface area contributed by atoms with Gasteiger partial charge < -0.3 is 24.4 Å². The molecule has 4 atom stereocenters. The van der Waals surface area contributed by atoms with Crippen molar-refractivity contribution in [2.75, 3.05) is 20.3 Å². The molecular weight excluding hydrogens is 410 g/mol. The zero-order valence-electron chi connectivity index (χ0n) is 18.7. The van der Waals surface area contributed by atoms with Crippen LogP contribution in [0.25, 0.3) is 0 Å². The van der Waals surface area contributed by atoms with Crippen molar-refractivity contribution >= 4 is 5.97 Å². The van der Waals surface area contributed by atoms with Crippen molar-refractivity contribution in [1.82, 2.24) is 0 Å². The Bertz CT molecular complexity index is 576. The van der Waals surface area contributed by atoms with Crippen LogP contribution in [0, 0.1) is 11.8 Å². The molecule has 6 nitrogen and oxygen atoms in total. The molecule has 0 aromatic heterocycles. The summed E-state index contributed by atoms with van der Waals surface area (Å²) in [6.45, 7) is 2.13. The SMILES string of the molecule is CCCCC(F)(F)C1(CC[C@@H]2C(C/C=C\CCCC(=O)OC)C(O)C[C@H]2O)OCCO1. The first-order chi connectivity index (χ1) is 14.8. The number of methoxy groups -OCH3 is 1. The molecule has 1 aliphatic carbocycles. The van der Waals surface area contributed by atoms with Crippen LogP contribution < -0.4 is 0 Å². The first-order valence-corrected chi connectivity index (χ1v) is 11.5. The van der Waals surface area contributed by atoms with E-state index in [1.807, 2.05) is 19.1 Å². The van der Waals surface area contributed by atoms with Crippen molar-refractivity contribution in [2.45, 2.75) is 95.0 Å². The zero-order valence-corrected chi connectivity index (χ0v) is 18.7. The lowest BCUT2D eigenvalue weighted by molar-refractivity contribution is -0.297. The smallest absolute Gasteiger partial charge is 0.305 e. The van der Waals surface area contributed by atoms with E-state index in [4.69, 9.17) is 9.47 Å². The molecule has 2 N–H and O–H groups in total. The summed E-state index contributed by atoms with van der Waals surface area (Å²) in [5.74, 6) is -5.81. The summed E-state index contributed by atoms with van der Waals surface area (Å²) in [5.41, 5.74) is 0. The van der Waals surface area contributed by atoms with Gasteiger partial charge in [-0.25, -0.2) is 8.78 Å². The number of aliphatic hydroxyl groups is 2. The molecule has 0 spiro atoms. The first-order valence-electron chi connectivity index (χ1n) is 11.5. The fourth-order valence-electron chi connectivity index (χ4n) is 4.68. The average molecular weight is 449 g/mol. The molecule has 0 amide bonds. The summed E-state index contributed by atoms with van der Waals surface area (Å²) in [7, 11) is 1.36. The minimum atomic E-state index is -3.10. The van der Waals surface area contributed by atoms with Gasteiger partial charge in [-0.3, -0.25) is 4.79 Å². The highest BCUT2D eigenvalue weighted by Gasteiger charge is 2.58. The number of esters is 1. The van der Waals surface area contributed by atoms with Crippen LogP contribution in [-0.4, -0.2) is 60.4 Å². The van der Waals surface area contributed by atoms with Gasteiger partial charge in [-0.15, -0.1) is 0 Å². The summed E-state index contributed by atoms with van der Waals surface area (Å²) in [6.07, 6.45) is 6.00. The molecule has 1 aliphatic heterocycles. The molecule has 2 unspecified atom stereocenters. The Hall–Kier alpha value is -1.09. The van der Waals surface area contributed by atoms with Crippen LogP contribution in [0.1, 0.15) is 71.1 Å². The maximum atomic E-state index is 14.9. The Kier molecular flexibility index (Phi) is 10.3. The molecule has 0 aromatic carbocycles. The molecule has 180 valence electrons. The number of halogens is 2. The van der Waals surface area contributed by atoms with Gasteiger partial charge >= 0.3 is 11.9 Å². The van der Waals surface area contributed by atoms with Gasteiger partial charge in [-0.2, -0.15) is 0 Å². The Morgan fingerprint density at radius 1 is 1.16 bits per heavy atom. The molecular formula is C23H38F2O6. The van der Waals surface area contributed by atoms with Gasteiger partial charge in [0.15, 0.2) is 0 Å². The Labute approximate surface area is 183 Å². The standard InChI is InChI=1S/C23H38F2O6/c1-3-4-12-22(24,25)23(30-14-15-31-23)13-11-18-17(19(26)16-20(18)27)9-7-5-6-8-10-21(28)29-2/h5,7,17-20,26-27H,3-4,6,8-16H2,1-2H3/b7-5-/t17?,18-,19?,20-/m1/s1. The third kappa shape index (κ3) is 6.94. The van der Waals surface area contributed by atoms with E-state index in [1.165, 1.54) is 7.11 Å². The van der Waals surface area contributed by atoms with Crippen LogP contribution in [-0.2, 0) is 19.0 Å². The van der Waals surface area contributed by atoms with E-state index in [9.17, 15) is 23.8 Å². The normalized spacial score (nSPS) is 28.5. The highest BCUT2D eigenvalue weighted by Crippen LogP contribution is 2.46. The Balaban J connectivity index is 1.93. The summed E-state index contributed by atoms with van der Waals surface area (Å²) in [6, 6.07) is 0. The molecule has 0 bridgehead atoms. The molecule has 0 radical (unpaired) electrons. The number of aliphatic hydroxyl groups excluding tert-OH is 2. The highest BCUT2D eigenvalue weighted by molar-refractivity contribution is 5.69. The number of alkyl halides is 2. The molecule has 2 rings (SSSR count). The van der Waals surface area contributed by atoms with Gasteiger partial charge in [-0.1, -0.05) is 25.5 Å². The second-order valence-corrected chi connectivity index (χ2v) is 8.67. The summed E-state index contributed by atoms with van der Waals surface area (Å²) in [4.78, 5) is 11.1. The first kappa shape index (κ1) is 26.2. The van der Waals surface area contributed by atoms with Crippen molar-refractivity contribution in [3.05, 3.63) is 12.2 Å². The van der Waals surface area contributed by atoms with Crippen molar-refractivity contribution in [1.29, 1.82) is 0 Å². The van der Waals surface area contributed by atoms with Crippen LogP contribution >= 0.6 is 0 Å². The summed E-state index contributed by atoms with van der Waals surface area (Å²) in [5, 5.41) is 20.9. The lowest BCUT2D eigenvalue weighted by Gasteiger charge is -2.36. The van der Waals surface area contributed by atoms with Gasteiger partial charge in [0.1, 0.15) is 0 Å². The third-order valence-corrected chi connectivity index (χ3v) is 6.54. The lowest BCUT2D eigenvalue weighted by Crippen LogP contribution is -2.49. The second kappa shape index (κ2) is 12.2. The van der Waals surface area contributed by atoms with Crippen molar-refractivity contribution < 1.29 is 38.0 Å². The number of rotatable bonds is 13. The predicted molar refractivity (Wildman–Crippen MR) is 112 cm³/mol. The van der Waals surface area contributed by atoms with Gasteiger partial charge in [-0.05, 0) is 50.4 Å². The number of allylic oxidation sites excluding steroid dienone is 2. The predicted octanol–water partition coefficient (Wildman–Crippen LogP) is 3.98. The Morgan fingerprint density at radius 2 is 1.84 bits per heavy atom. The number of hydrogen-bond donors (Lipinski definition) is 2. The monoisotopic (exact) mass is 448 g/mol. The molecule has 1 heterocycles.